The lowest BCUT2D eigenvalue weighted by Gasteiger charge is -2.01. The number of benzene rings is 1. The highest BCUT2D eigenvalue weighted by Gasteiger charge is 2.14. The van der Waals surface area contributed by atoms with Crippen molar-refractivity contribution in [1.82, 2.24) is 0 Å². The van der Waals surface area contributed by atoms with E-state index in [-0.39, 0.29) is 11.5 Å². The number of ether oxygens (including phenoxy) is 1. The zero-order valence-corrected chi connectivity index (χ0v) is 9.45. The fourth-order valence-corrected chi connectivity index (χ4v) is 2.09. The predicted octanol–water partition coefficient (Wildman–Crippen LogP) is 2.69. The van der Waals surface area contributed by atoms with E-state index in [0.29, 0.717) is 16.2 Å². The second-order valence-electron chi connectivity index (χ2n) is 3.19. The SMILES string of the molecule is COc1ccc(C(=O)c2sccc2O)cc1. The van der Waals surface area contributed by atoms with Gasteiger partial charge in [-0.3, -0.25) is 4.79 Å². The van der Waals surface area contributed by atoms with E-state index >= 15 is 0 Å². The van der Waals surface area contributed by atoms with Gasteiger partial charge < -0.3 is 9.84 Å². The van der Waals surface area contributed by atoms with Gasteiger partial charge in [0.2, 0.25) is 5.78 Å². The smallest absolute Gasteiger partial charge is 0.206 e. The number of thiophene rings is 1. The molecule has 0 unspecified atom stereocenters. The van der Waals surface area contributed by atoms with Crippen LogP contribution in [0.4, 0.5) is 0 Å². The summed E-state index contributed by atoms with van der Waals surface area (Å²) in [5, 5.41) is 11.1. The lowest BCUT2D eigenvalue weighted by molar-refractivity contribution is 0.104. The van der Waals surface area contributed by atoms with Gasteiger partial charge >= 0.3 is 0 Å². The van der Waals surface area contributed by atoms with Crippen molar-refractivity contribution in [1.29, 1.82) is 0 Å². The molecule has 1 heterocycles. The van der Waals surface area contributed by atoms with E-state index in [1.165, 1.54) is 17.4 Å². The van der Waals surface area contributed by atoms with Crippen LogP contribution in [0.2, 0.25) is 0 Å². The highest BCUT2D eigenvalue weighted by Crippen LogP contribution is 2.26. The van der Waals surface area contributed by atoms with Crippen molar-refractivity contribution in [2.75, 3.05) is 7.11 Å². The van der Waals surface area contributed by atoms with E-state index in [9.17, 15) is 9.90 Å². The summed E-state index contributed by atoms with van der Waals surface area (Å²) >= 11 is 1.23. The van der Waals surface area contributed by atoms with Crippen LogP contribution in [-0.2, 0) is 0 Å². The molecule has 3 nitrogen and oxygen atoms in total. The number of rotatable bonds is 3. The molecule has 0 aliphatic heterocycles. The first-order chi connectivity index (χ1) is 7.72. The number of carbonyl (C=O) groups is 1. The molecular formula is C12H10O3S. The Morgan fingerprint density at radius 1 is 1.25 bits per heavy atom. The van der Waals surface area contributed by atoms with E-state index in [0.717, 1.165) is 0 Å². The minimum Gasteiger partial charge on any atom is -0.506 e. The van der Waals surface area contributed by atoms with Crippen LogP contribution < -0.4 is 4.74 Å². The van der Waals surface area contributed by atoms with Crippen molar-refractivity contribution in [3.63, 3.8) is 0 Å². The fraction of sp³-hybridized carbons (Fsp3) is 0.0833. The van der Waals surface area contributed by atoms with Crippen LogP contribution in [0.5, 0.6) is 11.5 Å². The number of carbonyl (C=O) groups excluding carboxylic acids is 1. The van der Waals surface area contributed by atoms with Gasteiger partial charge in [-0.25, -0.2) is 0 Å². The highest BCUT2D eigenvalue weighted by atomic mass is 32.1. The van der Waals surface area contributed by atoms with Crippen LogP contribution >= 0.6 is 11.3 Å². The zero-order chi connectivity index (χ0) is 11.5. The van der Waals surface area contributed by atoms with Gasteiger partial charge in [-0.2, -0.15) is 0 Å². The lowest BCUT2D eigenvalue weighted by atomic mass is 10.1. The maximum Gasteiger partial charge on any atom is 0.206 e. The molecule has 0 radical (unpaired) electrons. The van der Waals surface area contributed by atoms with E-state index in [1.807, 2.05) is 0 Å². The van der Waals surface area contributed by atoms with Gasteiger partial charge in [-0.1, -0.05) is 0 Å². The second kappa shape index (κ2) is 4.37. The van der Waals surface area contributed by atoms with Crippen LogP contribution in [-0.4, -0.2) is 18.0 Å². The molecule has 0 bridgehead atoms. The molecule has 4 heteroatoms. The molecule has 0 saturated carbocycles. The summed E-state index contributed by atoms with van der Waals surface area (Å²) in [7, 11) is 1.57. The summed E-state index contributed by atoms with van der Waals surface area (Å²) in [5.41, 5.74) is 0.540. The van der Waals surface area contributed by atoms with Gasteiger partial charge in [0.15, 0.2) is 0 Å². The summed E-state index contributed by atoms with van der Waals surface area (Å²) in [6.07, 6.45) is 0. The van der Waals surface area contributed by atoms with Gasteiger partial charge in [0.1, 0.15) is 16.4 Å². The lowest BCUT2D eigenvalue weighted by Crippen LogP contribution is -1.98. The molecule has 0 saturated heterocycles. The molecule has 1 aromatic carbocycles. The quantitative estimate of drug-likeness (QED) is 0.830. The maximum absolute atomic E-state index is 11.9. The number of ketones is 1. The van der Waals surface area contributed by atoms with Crippen LogP contribution in [0.3, 0.4) is 0 Å². The summed E-state index contributed by atoms with van der Waals surface area (Å²) in [5.74, 6) is 0.563. The fourth-order valence-electron chi connectivity index (χ4n) is 1.35. The van der Waals surface area contributed by atoms with Crippen molar-refractivity contribution >= 4 is 17.1 Å². The zero-order valence-electron chi connectivity index (χ0n) is 8.64. The normalized spacial score (nSPS) is 10.1. The number of aromatic hydroxyl groups is 1. The molecule has 0 amide bonds. The van der Waals surface area contributed by atoms with Crippen molar-refractivity contribution in [2.45, 2.75) is 0 Å². The molecule has 0 atom stereocenters. The third-order valence-corrected chi connectivity index (χ3v) is 3.11. The van der Waals surface area contributed by atoms with Crippen molar-refractivity contribution in [3.05, 3.63) is 46.2 Å². The van der Waals surface area contributed by atoms with Crippen LogP contribution in [0.1, 0.15) is 15.2 Å². The Bertz CT molecular complexity index is 499. The molecule has 1 aromatic heterocycles. The Morgan fingerprint density at radius 3 is 2.44 bits per heavy atom. The molecule has 1 N–H and O–H groups in total. The number of hydrogen-bond donors (Lipinski definition) is 1. The molecule has 0 aliphatic carbocycles. The van der Waals surface area contributed by atoms with Gasteiger partial charge in [0, 0.05) is 5.56 Å². The molecule has 16 heavy (non-hydrogen) atoms. The first-order valence-electron chi connectivity index (χ1n) is 4.67. The standard InChI is InChI=1S/C12H10O3S/c1-15-9-4-2-8(3-5-9)11(14)12-10(13)6-7-16-12/h2-7,13H,1H3. The van der Waals surface area contributed by atoms with Gasteiger partial charge in [-0.15, -0.1) is 11.3 Å². The van der Waals surface area contributed by atoms with E-state index in [4.69, 9.17) is 4.74 Å². The summed E-state index contributed by atoms with van der Waals surface area (Å²) in [4.78, 5) is 12.3. The summed E-state index contributed by atoms with van der Waals surface area (Å²) < 4.78 is 5.01. The molecule has 2 aromatic rings. The van der Waals surface area contributed by atoms with Crippen molar-refractivity contribution in [3.8, 4) is 11.5 Å². The molecule has 2 rings (SSSR count). The molecule has 0 spiro atoms. The Kier molecular flexibility index (Phi) is 2.92. The predicted molar refractivity (Wildman–Crippen MR) is 62.4 cm³/mol. The molecule has 0 aliphatic rings. The topological polar surface area (TPSA) is 46.5 Å². The van der Waals surface area contributed by atoms with E-state index in [2.05, 4.69) is 0 Å². The third kappa shape index (κ3) is 1.92. The maximum atomic E-state index is 11.9. The summed E-state index contributed by atoms with van der Waals surface area (Å²) in [6.45, 7) is 0. The van der Waals surface area contributed by atoms with Crippen molar-refractivity contribution in [2.24, 2.45) is 0 Å². The Morgan fingerprint density at radius 2 is 1.94 bits per heavy atom. The average Bonchev–Trinajstić information content (AvgIpc) is 2.75. The minimum atomic E-state index is -0.171. The number of hydrogen-bond acceptors (Lipinski definition) is 4. The Hall–Kier alpha value is -1.81. The van der Waals surface area contributed by atoms with Gasteiger partial charge in [0.25, 0.3) is 0 Å². The minimum absolute atomic E-state index is 0.0332. The van der Waals surface area contributed by atoms with Gasteiger partial charge in [-0.05, 0) is 35.7 Å². The number of methoxy groups -OCH3 is 1. The average molecular weight is 234 g/mol. The van der Waals surface area contributed by atoms with Crippen molar-refractivity contribution < 1.29 is 14.6 Å². The Balaban J connectivity index is 2.31. The summed E-state index contributed by atoms with van der Waals surface area (Å²) in [6, 6.07) is 8.32. The van der Waals surface area contributed by atoms with Crippen LogP contribution in [0.25, 0.3) is 0 Å². The highest BCUT2D eigenvalue weighted by molar-refractivity contribution is 7.12. The van der Waals surface area contributed by atoms with Gasteiger partial charge in [0.05, 0.1) is 7.11 Å². The third-order valence-electron chi connectivity index (χ3n) is 2.20. The monoisotopic (exact) mass is 234 g/mol. The molecule has 82 valence electrons. The Labute approximate surface area is 96.9 Å². The molecule has 0 fully saturated rings. The van der Waals surface area contributed by atoms with Crippen LogP contribution in [0, 0.1) is 0 Å². The largest absolute Gasteiger partial charge is 0.506 e. The van der Waals surface area contributed by atoms with E-state index < -0.39 is 0 Å². The first kappa shape index (κ1) is 10.7. The molecular weight excluding hydrogens is 224 g/mol. The van der Waals surface area contributed by atoms with Crippen LogP contribution in [0.15, 0.2) is 35.7 Å². The second-order valence-corrected chi connectivity index (χ2v) is 4.11. The first-order valence-corrected chi connectivity index (χ1v) is 5.55. The van der Waals surface area contributed by atoms with E-state index in [1.54, 1.807) is 36.8 Å².